The smallest absolute Gasteiger partial charge is 0.0589 e. The van der Waals surface area contributed by atoms with E-state index in [1.165, 1.54) is 11.1 Å². The van der Waals surface area contributed by atoms with Crippen LogP contribution >= 0.6 is 0 Å². The predicted molar refractivity (Wildman–Crippen MR) is 87.8 cm³/mol. The highest BCUT2D eigenvalue weighted by Gasteiger charge is 2.14. The minimum atomic E-state index is 0.324. The molecule has 0 aliphatic rings. The summed E-state index contributed by atoms with van der Waals surface area (Å²) in [7, 11) is 5.50. The largest absolute Gasteiger partial charge is 0.383 e. The van der Waals surface area contributed by atoms with Gasteiger partial charge >= 0.3 is 0 Å². The van der Waals surface area contributed by atoms with Crippen LogP contribution in [0, 0.1) is 0 Å². The molecule has 1 unspecified atom stereocenters. The molecule has 0 amide bonds. The number of methoxy groups -OCH3 is 2. The molecule has 1 rings (SSSR count). The summed E-state index contributed by atoms with van der Waals surface area (Å²) >= 11 is 0. The Morgan fingerprint density at radius 2 is 1.62 bits per heavy atom. The Hall–Kier alpha value is -0.940. The van der Waals surface area contributed by atoms with Crippen LogP contribution in [-0.4, -0.2) is 59.0 Å². The van der Waals surface area contributed by atoms with Crippen molar-refractivity contribution >= 4 is 0 Å². The summed E-state index contributed by atoms with van der Waals surface area (Å²) < 4.78 is 10.4. The van der Waals surface area contributed by atoms with Crippen LogP contribution in [0.1, 0.15) is 24.1 Å². The number of hydrogen-bond acceptors (Lipinski definition) is 4. The third-order valence-corrected chi connectivity index (χ3v) is 3.80. The molecular formula is C17H30N2O2. The summed E-state index contributed by atoms with van der Waals surface area (Å²) in [5, 5.41) is 3.42. The highest BCUT2D eigenvalue weighted by molar-refractivity contribution is 5.25. The topological polar surface area (TPSA) is 33.7 Å². The molecule has 21 heavy (non-hydrogen) atoms. The van der Waals surface area contributed by atoms with Gasteiger partial charge in [0.05, 0.1) is 13.2 Å². The van der Waals surface area contributed by atoms with Gasteiger partial charge in [0.1, 0.15) is 0 Å². The summed E-state index contributed by atoms with van der Waals surface area (Å²) in [5.74, 6) is 0. The molecule has 0 aliphatic carbocycles. The first-order valence-corrected chi connectivity index (χ1v) is 7.71. The van der Waals surface area contributed by atoms with E-state index in [4.69, 9.17) is 9.47 Å². The van der Waals surface area contributed by atoms with Gasteiger partial charge in [0.2, 0.25) is 0 Å². The van der Waals surface area contributed by atoms with Crippen LogP contribution in [0.2, 0.25) is 0 Å². The lowest BCUT2D eigenvalue weighted by Crippen LogP contribution is -2.37. The van der Waals surface area contributed by atoms with Crippen LogP contribution in [0.4, 0.5) is 0 Å². The van der Waals surface area contributed by atoms with Gasteiger partial charge in [0, 0.05) is 39.9 Å². The lowest BCUT2D eigenvalue weighted by molar-refractivity contribution is 0.108. The quantitative estimate of drug-likeness (QED) is 0.678. The number of benzene rings is 1. The summed E-state index contributed by atoms with van der Waals surface area (Å²) in [5.41, 5.74) is 2.71. The first kappa shape index (κ1) is 18.1. The Balaban J connectivity index is 2.66. The van der Waals surface area contributed by atoms with Gasteiger partial charge in [-0.3, -0.25) is 4.90 Å². The van der Waals surface area contributed by atoms with Crippen molar-refractivity contribution in [2.45, 2.75) is 19.4 Å². The Labute approximate surface area is 129 Å². The fraction of sp³-hybridized carbons (Fsp3) is 0.647. The molecule has 0 aliphatic heterocycles. The van der Waals surface area contributed by atoms with Crippen molar-refractivity contribution in [3.63, 3.8) is 0 Å². The summed E-state index contributed by atoms with van der Waals surface area (Å²) in [6.07, 6.45) is 1.08. The van der Waals surface area contributed by atoms with Gasteiger partial charge in [-0.05, 0) is 24.6 Å². The molecule has 0 saturated heterocycles. The number of aryl methyl sites for hydroxylation is 1. The highest BCUT2D eigenvalue weighted by Crippen LogP contribution is 2.15. The van der Waals surface area contributed by atoms with Gasteiger partial charge < -0.3 is 14.8 Å². The molecule has 1 N–H and O–H groups in total. The van der Waals surface area contributed by atoms with Crippen LogP contribution in [0.15, 0.2) is 24.3 Å². The molecule has 1 aromatic rings. The molecule has 120 valence electrons. The van der Waals surface area contributed by atoms with Crippen molar-refractivity contribution in [3.8, 4) is 0 Å². The fourth-order valence-electron chi connectivity index (χ4n) is 2.34. The van der Waals surface area contributed by atoms with E-state index in [2.05, 4.69) is 41.4 Å². The van der Waals surface area contributed by atoms with Gasteiger partial charge in [-0.1, -0.05) is 31.2 Å². The van der Waals surface area contributed by atoms with Crippen LogP contribution < -0.4 is 5.32 Å². The average Bonchev–Trinajstić information content (AvgIpc) is 2.54. The number of rotatable bonds is 11. The third kappa shape index (κ3) is 6.57. The molecule has 0 aromatic heterocycles. The minimum Gasteiger partial charge on any atom is -0.383 e. The van der Waals surface area contributed by atoms with Gasteiger partial charge in [-0.25, -0.2) is 0 Å². The minimum absolute atomic E-state index is 0.324. The van der Waals surface area contributed by atoms with E-state index in [9.17, 15) is 0 Å². The number of likely N-dealkylation sites (N-methyl/N-ethyl adjacent to an activating group) is 1. The van der Waals surface area contributed by atoms with E-state index in [0.29, 0.717) is 6.04 Å². The van der Waals surface area contributed by atoms with Crippen LogP contribution in [0.5, 0.6) is 0 Å². The lowest BCUT2D eigenvalue weighted by atomic mass is 10.0. The Morgan fingerprint density at radius 3 is 2.05 bits per heavy atom. The van der Waals surface area contributed by atoms with Crippen molar-refractivity contribution in [3.05, 3.63) is 35.4 Å². The molecule has 0 heterocycles. The fourth-order valence-corrected chi connectivity index (χ4v) is 2.34. The standard InChI is InChI=1S/C17H30N2O2/c1-5-15-6-8-16(9-7-15)17(18-2)14-19(10-12-20-3)11-13-21-4/h6-9,17-18H,5,10-14H2,1-4H3. The second kappa shape index (κ2) is 10.7. The van der Waals surface area contributed by atoms with Crippen LogP contribution in [0.3, 0.4) is 0 Å². The maximum atomic E-state index is 5.20. The SMILES string of the molecule is CCc1ccc(C(CN(CCOC)CCOC)NC)cc1. The monoisotopic (exact) mass is 294 g/mol. The second-order valence-electron chi connectivity index (χ2n) is 5.22. The summed E-state index contributed by atoms with van der Waals surface area (Å²) in [6, 6.07) is 9.21. The van der Waals surface area contributed by atoms with E-state index < -0.39 is 0 Å². The van der Waals surface area contributed by atoms with Gasteiger partial charge in [-0.15, -0.1) is 0 Å². The van der Waals surface area contributed by atoms with Gasteiger partial charge in [0.15, 0.2) is 0 Å². The van der Waals surface area contributed by atoms with E-state index in [-0.39, 0.29) is 0 Å². The van der Waals surface area contributed by atoms with Crippen LogP contribution in [0.25, 0.3) is 0 Å². The first-order valence-electron chi connectivity index (χ1n) is 7.71. The van der Waals surface area contributed by atoms with Crippen molar-refractivity contribution in [1.82, 2.24) is 10.2 Å². The van der Waals surface area contributed by atoms with E-state index in [1.807, 2.05) is 7.05 Å². The van der Waals surface area contributed by atoms with E-state index in [0.717, 1.165) is 39.3 Å². The van der Waals surface area contributed by atoms with Gasteiger partial charge in [-0.2, -0.15) is 0 Å². The molecule has 0 saturated carbocycles. The molecule has 0 bridgehead atoms. The first-order chi connectivity index (χ1) is 10.2. The zero-order chi connectivity index (χ0) is 15.5. The third-order valence-electron chi connectivity index (χ3n) is 3.80. The van der Waals surface area contributed by atoms with Crippen molar-refractivity contribution in [2.75, 3.05) is 54.1 Å². The second-order valence-corrected chi connectivity index (χ2v) is 5.22. The maximum Gasteiger partial charge on any atom is 0.0589 e. The Morgan fingerprint density at radius 1 is 1.05 bits per heavy atom. The molecule has 1 aromatic carbocycles. The molecule has 4 nitrogen and oxygen atoms in total. The van der Waals surface area contributed by atoms with Gasteiger partial charge in [0.25, 0.3) is 0 Å². The van der Waals surface area contributed by atoms with Crippen molar-refractivity contribution < 1.29 is 9.47 Å². The normalized spacial score (nSPS) is 12.8. The highest BCUT2D eigenvalue weighted by atomic mass is 16.5. The van der Waals surface area contributed by atoms with Crippen LogP contribution in [-0.2, 0) is 15.9 Å². The number of nitrogens with zero attached hydrogens (tertiary/aromatic N) is 1. The molecule has 0 fully saturated rings. The molecule has 0 radical (unpaired) electrons. The molecule has 1 atom stereocenters. The Bertz CT molecular complexity index is 360. The average molecular weight is 294 g/mol. The lowest BCUT2D eigenvalue weighted by Gasteiger charge is -2.27. The summed E-state index contributed by atoms with van der Waals surface area (Å²) in [4.78, 5) is 2.38. The Kier molecular flexibility index (Phi) is 9.26. The number of hydrogen-bond donors (Lipinski definition) is 1. The molecule has 0 spiro atoms. The zero-order valence-corrected chi connectivity index (χ0v) is 13.9. The summed E-state index contributed by atoms with van der Waals surface area (Å²) in [6.45, 7) is 6.47. The maximum absolute atomic E-state index is 5.20. The molecular weight excluding hydrogens is 264 g/mol. The molecule has 4 heteroatoms. The zero-order valence-electron chi connectivity index (χ0n) is 13.9. The van der Waals surface area contributed by atoms with Crippen molar-refractivity contribution in [2.24, 2.45) is 0 Å². The van der Waals surface area contributed by atoms with Crippen molar-refractivity contribution in [1.29, 1.82) is 0 Å². The number of ether oxygens (including phenoxy) is 2. The predicted octanol–water partition coefficient (Wildman–Crippen LogP) is 2.10. The number of nitrogens with one attached hydrogen (secondary N) is 1. The van der Waals surface area contributed by atoms with E-state index >= 15 is 0 Å². The van der Waals surface area contributed by atoms with E-state index in [1.54, 1.807) is 14.2 Å².